The van der Waals surface area contributed by atoms with Crippen LogP contribution in [0.15, 0.2) is 24.3 Å². The van der Waals surface area contributed by atoms with Crippen LogP contribution in [-0.2, 0) is 7.05 Å². The fourth-order valence-corrected chi connectivity index (χ4v) is 6.08. The fourth-order valence-electron chi connectivity index (χ4n) is 6.08. The van der Waals surface area contributed by atoms with E-state index in [4.69, 9.17) is 0 Å². The van der Waals surface area contributed by atoms with Crippen molar-refractivity contribution in [2.24, 2.45) is 7.05 Å². The van der Waals surface area contributed by atoms with Crippen LogP contribution in [0.25, 0.3) is 22.4 Å². The van der Waals surface area contributed by atoms with Crippen LogP contribution in [-0.4, -0.2) is 10.8 Å². The summed E-state index contributed by atoms with van der Waals surface area (Å²) in [7, 11) is 0.986. The van der Waals surface area contributed by atoms with Crippen molar-refractivity contribution in [3.05, 3.63) is 106 Å². The summed E-state index contributed by atoms with van der Waals surface area (Å²) < 4.78 is 212. The van der Waals surface area contributed by atoms with Crippen molar-refractivity contribution in [1.82, 2.24) is 4.57 Å². The first kappa shape index (κ1) is 28.5. The third-order valence-corrected chi connectivity index (χ3v) is 7.70. The van der Waals surface area contributed by atoms with E-state index < -0.39 is 121 Å². The molecule has 1 aliphatic rings. The molecule has 4 aromatic carbocycles. The molecule has 0 atom stereocenters. The summed E-state index contributed by atoms with van der Waals surface area (Å²) >= 11 is 0. The fraction of sp³-hybridized carbons (Fsp3) is 0.0385. The average molecular weight is 624 g/mol. The molecular formula is C26H7BF14N2. The first-order valence-corrected chi connectivity index (χ1v) is 11.7. The standard InChI is InChI=1S/C26H7BF14N2/c1-42-6-4-2-3-5-7(6)43-26(42)8-9(13(29)19(35)18(34)12(8)28)27(43,10-14(30)20(36)24(40)21(37)15(10)31)11-16(32)22(38)25(41)23(39)17(11)33/h2-5H,1H3. The molecule has 6 rings (SSSR count). The molecule has 222 valence electrons. The minimum atomic E-state index is -5.44. The molecule has 0 saturated heterocycles. The molecule has 17 heteroatoms. The predicted octanol–water partition coefficient (Wildman–Crippen LogP) is 4.91. The number of para-hydroxylation sites is 2. The maximum Gasteiger partial charge on any atom is 0.288 e. The van der Waals surface area contributed by atoms with E-state index in [-0.39, 0.29) is 9.99 Å². The van der Waals surface area contributed by atoms with Gasteiger partial charge in [0.1, 0.15) is 34.6 Å². The molecule has 1 aliphatic heterocycles. The highest BCUT2D eigenvalue weighted by atomic mass is 19.2. The lowest BCUT2D eigenvalue weighted by Gasteiger charge is -2.38. The number of hydrogen-bond acceptors (Lipinski definition) is 0. The number of nitrogens with zero attached hydrogens (tertiary/aromatic N) is 2. The molecule has 0 fully saturated rings. The van der Waals surface area contributed by atoms with Crippen LogP contribution >= 0.6 is 0 Å². The highest BCUT2D eigenvalue weighted by Gasteiger charge is 2.59. The van der Waals surface area contributed by atoms with E-state index in [1.807, 2.05) is 0 Å². The van der Waals surface area contributed by atoms with E-state index in [1.54, 1.807) is 0 Å². The van der Waals surface area contributed by atoms with Crippen molar-refractivity contribution >= 4 is 33.7 Å². The molecule has 0 aliphatic carbocycles. The van der Waals surface area contributed by atoms with Crippen molar-refractivity contribution in [3.8, 4) is 11.4 Å². The van der Waals surface area contributed by atoms with Crippen LogP contribution in [0.1, 0.15) is 0 Å². The van der Waals surface area contributed by atoms with Gasteiger partial charge in [0.15, 0.2) is 57.9 Å². The summed E-state index contributed by atoms with van der Waals surface area (Å²) in [6.45, 7) is 0. The molecule has 5 aromatic rings. The zero-order chi connectivity index (χ0) is 31.6. The van der Waals surface area contributed by atoms with Gasteiger partial charge in [0.2, 0.25) is 5.82 Å². The van der Waals surface area contributed by atoms with Gasteiger partial charge in [0.25, 0.3) is 6.28 Å². The SMILES string of the molecule is Cn1c2[n+](c3ccccc31)[B-](c1c(F)c(F)c(F)c(F)c1F)(c1c(F)c(F)c(F)c(F)c1F)c1c(F)c(F)c(F)c(F)c1-2. The third kappa shape index (κ3) is 3.14. The van der Waals surface area contributed by atoms with Crippen LogP contribution in [0.5, 0.6) is 0 Å². The summed E-state index contributed by atoms with van der Waals surface area (Å²) in [5, 5.41) is 0. The molecule has 2 nitrogen and oxygen atoms in total. The second-order valence-corrected chi connectivity index (χ2v) is 9.57. The Hall–Kier alpha value is -4.57. The van der Waals surface area contributed by atoms with Gasteiger partial charge >= 0.3 is 0 Å². The van der Waals surface area contributed by atoms with Crippen molar-refractivity contribution < 1.29 is 65.9 Å². The van der Waals surface area contributed by atoms with E-state index in [0.717, 1.165) is 29.8 Å². The predicted molar refractivity (Wildman–Crippen MR) is 121 cm³/mol. The molecule has 0 N–H and O–H groups in total. The Morgan fingerprint density at radius 3 is 1.26 bits per heavy atom. The summed E-state index contributed by atoms with van der Waals surface area (Å²) in [6.07, 6.45) is -5.44. The zero-order valence-electron chi connectivity index (χ0n) is 20.6. The number of fused-ring (bicyclic) bond motifs is 5. The number of hydrogen-bond donors (Lipinski definition) is 0. The Balaban J connectivity index is 2.10. The van der Waals surface area contributed by atoms with Gasteiger partial charge in [-0.05, 0) is 12.1 Å². The van der Waals surface area contributed by atoms with Crippen LogP contribution in [0.4, 0.5) is 61.5 Å². The Kier molecular flexibility index (Phi) is 5.96. The van der Waals surface area contributed by atoms with Crippen molar-refractivity contribution in [2.75, 3.05) is 0 Å². The van der Waals surface area contributed by atoms with E-state index in [2.05, 4.69) is 0 Å². The lowest BCUT2D eigenvalue weighted by molar-refractivity contribution is -0.494. The van der Waals surface area contributed by atoms with Crippen LogP contribution < -0.4 is 20.9 Å². The second kappa shape index (κ2) is 8.97. The number of imidazole rings is 1. The maximum atomic E-state index is 15.9. The van der Waals surface area contributed by atoms with Gasteiger partial charge in [0, 0.05) is 0 Å². The van der Waals surface area contributed by atoms with Gasteiger partial charge in [-0.1, -0.05) is 28.5 Å². The van der Waals surface area contributed by atoms with Crippen LogP contribution in [0.3, 0.4) is 0 Å². The number of aryl methyl sites for hydroxylation is 1. The molecule has 0 unspecified atom stereocenters. The summed E-state index contributed by atoms with van der Waals surface area (Å²) in [4.78, 5) is 0. The smallest absolute Gasteiger partial charge is 0.288 e. The van der Waals surface area contributed by atoms with Gasteiger partial charge in [0.05, 0.1) is 12.6 Å². The number of halogens is 14. The lowest BCUT2D eigenvalue weighted by Crippen LogP contribution is -2.85. The number of benzene rings is 4. The molecule has 0 saturated carbocycles. The first-order chi connectivity index (χ1) is 20.1. The van der Waals surface area contributed by atoms with E-state index >= 15 is 26.3 Å². The molecule has 0 spiro atoms. The van der Waals surface area contributed by atoms with Crippen molar-refractivity contribution in [3.63, 3.8) is 0 Å². The summed E-state index contributed by atoms with van der Waals surface area (Å²) in [6, 6.07) is 4.41. The molecule has 0 amide bonds. The summed E-state index contributed by atoms with van der Waals surface area (Å²) in [5.74, 6) is -40.5. The summed E-state index contributed by atoms with van der Waals surface area (Å²) in [5.41, 5.74) is -9.28. The Bertz CT molecular complexity index is 1980. The highest BCUT2D eigenvalue weighted by molar-refractivity contribution is 7.07. The topological polar surface area (TPSA) is 8.81 Å². The normalized spacial score (nSPS) is 13.7. The molecule has 0 bridgehead atoms. The molecule has 1 aromatic heterocycles. The molecule has 2 heterocycles. The molecule has 43 heavy (non-hydrogen) atoms. The minimum Gasteiger partial charge on any atom is -0.408 e. The van der Waals surface area contributed by atoms with Gasteiger partial charge < -0.3 is 4.48 Å². The maximum absolute atomic E-state index is 15.9. The molecule has 0 radical (unpaired) electrons. The van der Waals surface area contributed by atoms with Gasteiger partial charge in [-0.2, -0.15) is 0 Å². The number of rotatable bonds is 2. The van der Waals surface area contributed by atoms with Gasteiger partial charge in [-0.25, -0.2) is 66.0 Å². The third-order valence-electron chi connectivity index (χ3n) is 7.70. The zero-order valence-corrected chi connectivity index (χ0v) is 20.6. The lowest BCUT2D eigenvalue weighted by atomic mass is 9.24. The van der Waals surface area contributed by atoms with E-state index in [0.29, 0.717) is 0 Å². The van der Waals surface area contributed by atoms with E-state index in [9.17, 15) is 35.1 Å². The van der Waals surface area contributed by atoms with Gasteiger partial charge in [-0.3, -0.25) is 0 Å². The van der Waals surface area contributed by atoms with Crippen molar-refractivity contribution in [2.45, 2.75) is 0 Å². The Morgan fingerprint density at radius 1 is 0.465 bits per heavy atom. The quantitative estimate of drug-likeness (QED) is 0.112. The van der Waals surface area contributed by atoms with Gasteiger partial charge in [-0.15, -0.1) is 0 Å². The Morgan fingerprint density at radius 2 is 0.814 bits per heavy atom. The van der Waals surface area contributed by atoms with Crippen LogP contribution in [0, 0.1) is 81.4 Å². The van der Waals surface area contributed by atoms with E-state index in [1.165, 1.54) is 6.07 Å². The first-order valence-electron chi connectivity index (χ1n) is 11.7. The average Bonchev–Trinajstić information content (AvgIpc) is 3.46. The number of aromatic nitrogens is 2. The van der Waals surface area contributed by atoms with Crippen LogP contribution in [0.2, 0.25) is 0 Å². The molecular weight excluding hydrogens is 617 g/mol. The Labute approximate surface area is 228 Å². The largest absolute Gasteiger partial charge is 0.408 e. The monoisotopic (exact) mass is 624 g/mol. The highest BCUT2D eigenvalue weighted by Crippen LogP contribution is 2.37. The minimum absolute atomic E-state index is 0.140. The van der Waals surface area contributed by atoms with Crippen molar-refractivity contribution in [1.29, 1.82) is 0 Å². The second-order valence-electron chi connectivity index (χ2n) is 9.57.